The van der Waals surface area contributed by atoms with E-state index in [-0.39, 0.29) is 0 Å². The SMILES string of the molecule is CCc1nnc(N2CCN(Cc3nc(-c4ccccc4C)no3)CC2)c(C#N)c1CC. The van der Waals surface area contributed by atoms with Crippen LogP contribution in [-0.2, 0) is 19.4 Å². The Kier molecular flexibility index (Phi) is 6.23. The fraction of sp³-hybridized carbons (Fsp3) is 0.435. The van der Waals surface area contributed by atoms with Gasteiger partial charge in [0.15, 0.2) is 5.82 Å². The highest BCUT2D eigenvalue weighted by molar-refractivity contribution is 5.59. The van der Waals surface area contributed by atoms with E-state index in [1.54, 1.807) is 0 Å². The van der Waals surface area contributed by atoms with Crippen LogP contribution in [0.15, 0.2) is 28.8 Å². The van der Waals surface area contributed by atoms with Gasteiger partial charge in [-0.2, -0.15) is 15.3 Å². The molecule has 0 spiro atoms. The predicted octanol–water partition coefficient (Wildman–Crippen LogP) is 3.15. The quantitative estimate of drug-likeness (QED) is 0.604. The fourth-order valence-electron chi connectivity index (χ4n) is 4.06. The molecular weight excluding hydrogens is 390 g/mol. The summed E-state index contributed by atoms with van der Waals surface area (Å²) in [5.41, 5.74) is 4.72. The third-order valence-corrected chi connectivity index (χ3v) is 5.82. The molecule has 2 aromatic heterocycles. The minimum atomic E-state index is 0.610. The van der Waals surface area contributed by atoms with Gasteiger partial charge in [-0.25, -0.2) is 0 Å². The smallest absolute Gasteiger partial charge is 0.241 e. The van der Waals surface area contributed by atoms with Crippen LogP contribution in [0.3, 0.4) is 0 Å². The second-order valence-electron chi connectivity index (χ2n) is 7.73. The van der Waals surface area contributed by atoms with Crippen molar-refractivity contribution in [2.45, 2.75) is 40.2 Å². The lowest BCUT2D eigenvalue weighted by molar-refractivity contribution is 0.215. The van der Waals surface area contributed by atoms with Crippen LogP contribution in [0, 0.1) is 18.3 Å². The van der Waals surface area contributed by atoms with E-state index < -0.39 is 0 Å². The van der Waals surface area contributed by atoms with Gasteiger partial charge in [0.1, 0.15) is 11.6 Å². The van der Waals surface area contributed by atoms with E-state index in [2.05, 4.69) is 43.1 Å². The first-order valence-electron chi connectivity index (χ1n) is 10.8. The second kappa shape index (κ2) is 9.23. The molecule has 0 aliphatic carbocycles. The van der Waals surface area contributed by atoms with E-state index in [0.29, 0.717) is 29.6 Å². The first-order valence-corrected chi connectivity index (χ1v) is 10.8. The molecule has 4 rings (SSSR count). The van der Waals surface area contributed by atoms with Crippen molar-refractivity contribution < 1.29 is 4.52 Å². The van der Waals surface area contributed by atoms with Crippen molar-refractivity contribution in [2.75, 3.05) is 31.1 Å². The number of rotatable bonds is 6. The van der Waals surface area contributed by atoms with Crippen molar-refractivity contribution in [2.24, 2.45) is 0 Å². The van der Waals surface area contributed by atoms with Gasteiger partial charge in [-0.1, -0.05) is 43.3 Å². The molecule has 8 heteroatoms. The molecular formula is C23H27N7O. The average Bonchev–Trinajstić information content (AvgIpc) is 3.27. The highest BCUT2D eigenvalue weighted by atomic mass is 16.5. The molecule has 0 atom stereocenters. The summed E-state index contributed by atoms with van der Waals surface area (Å²) in [5, 5.41) is 22.7. The van der Waals surface area contributed by atoms with Crippen molar-refractivity contribution in [3.05, 3.63) is 52.5 Å². The highest BCUT2D eigenvalue weighted by Crippen LogP contribution is 2.25. The largest absolute Gasteiger partial charge is 0.351 e. The number of nitrogens with zero attached hydrogens (tertiary/aromatic N) is 7. The molecule has 0 saturated carbocycles. The molecule has 1 aromatic carbocycles. The molecule has 1 saturated heterocycles. The summed E-state index contributed by atoms with van der Waals surface area (Å²) in [4.78, 5) is 9.03. The second-order valence-corrected chi connectivity index (χ2v) is 7.73. The first kappa shape index (κ1) is 20.9. The molecule has 0 unspecified atom stereocenters. The standard InChI is InChI=1S/C23H27N7O/c1-4-17-19(14-24)23(27-26-20(17)5-2)30-12-10-29(11-13-30)15-21-25-22(28-31-21)18-9-7-6-8-16(18)3/h6-9H,4-5,10-13,15H2,1-3H3. The van der Waals surface area contributed by atoms with Gasteiger partial charge in [-0.3, -0.25) is 4.90 Å². The molecule has 0 N–H and O–H groups in total. The lowest BCUT2D eigenvalue weighted by Crippen LogP contribution is -2.46. The molecule has 8 nitrogen and oxygen atoms in total. The van der Waals surface area contributed by atoms with E-state index in [4.69, 9.17) is 4.52 Å². The van der Waals surface area contributed by atoms with Gasteiger partial charge in [-0.05, 0) is 30.9 Å². The highest BCUT2D eigenvalue weighted by Gasteiger charge is 2.24. The molecule has 1 aliphatic heterocycles. The zero-order valence-corrected chi connectivity index (χ0v) is 18.3. The fourth-order valence-corrected chi connectivity index (χ4v) is 4.06. The average molecular weight is 418 g/mol. The molecule has 0 amide bonds. The van der Waals surface area contributed by atoms with Crippen LogP contribution in [0.2, 0.25) is 0 Å². The van der Waals surface area contributed by atoms with Crippen LogP contribution in [0.5, 0.6) is 0 Å². The number of aromatic nitrogens is 4. The van der Waals surface area contributed by atoms with Crippen LogP contribution < -0.4 is 4.90 Å². The summed E-state index contributed by atoms with van der Waals surface area (Å²) in [6.45, 7) is 9.96. The Morgan fingerprint density at radius 3 is 2.52 bits per heavy atom. The van der Waals surface area contributed by atoms with Crippen molar-refractivity contribution in [1.29, 1.82) is 5.26 Å². The van der Waals surface area contributed by atoms with E-state index in [1.165, 1.54) is 0 Å². The zero-order chi connectivity index (χ0) is 21.8. The Bertz CT molecular complexity index is 1090. The number of anilines is 1. The number of hydrogen-bond acceptors (Lipinski definition) is 8. The first-order chi connectivity index (χ1) is 15.1. The Morgan fingerprint density at radius 1 is 1.06 bits per heavy atom. The summed E-state index contributed by atoms with van der Waals surface area (Å²) in [6, 6.07) is 10.4. The van der Waals surface area contributed by atoms with Crippen LogP contribution >= 0.6 is 0 Å². The molecule has 31 heavy (non-hydrogen) atoms. The van der Waals surface area contributed by atoms with E-state index >= 15 is 0 Å². The van der Waals surface area contributed by atoms with Crippen LogP contribution in [0.25, 0.3) is 11.4 Å². The maximum Gasteiger partial charge on any atom is 0.241 e. The van der Waals surface area contributed by atoms with Gasteiger partial charge in [0.05, 0.1) is 12.2 Å². The summed E-state index contributed by atoms with van der Waals surface area (Å²) >= 11 is 0. The van der Waals surface area contributed by atoms with Gasteiger partial charge in [-0.15, -0.1) is 5.10 Å². The van der Waals surface area contributed by atoms with E-state index in [9.17, 15) is 5.26 Å². The van der Waals surface area contributed by atoms with Crippen LogP contribution in [0.4, 0.5) is 5.82 Å². The lowest BCUT2D eigenvalue weighted by Gasteiger charge is -2.35. The number of piperazine rings is 1. The zero-order valence-electron chi connectivity index (χ0n) is 18.3. The molecule has 1 aliphatic rings. The van der Waals surface area contributed by atoms with Crippen molar-refractivity contribution in [3.63, 3.8) is 0 Å². The monoisotopic (exact) mass is 417 g/mol. The Hall–Kier alpha value is -3.31. The van der Waals surface area contributed by atoms with E-state index in [1.807, 2.05) is 38.1 Å². The van der Waals surface area contributed by atoms with Gasteiger partial charge in [0, 0.05) is 31.7 Å². The Morgan fingerprint density at radius 2 is 1.84 bits per heavy atom. The molecule has 160 valence electrons. The van der Waals surface area contributed by atoms with Gasteiger partial charge >= 0.3 is 0 Å². The van der Waals surface area contributed by atoms with Crippen molar-refractivity contribution in [1.82, 2.24) is 25.2 Å². The topological polar surface area (TPSA) is 95.0 Å². The summed E-state index contributed by atoms with van der Waals surface area (Å²) < 4.78 is 5.50. The van der Waals surface area contributed by atoms with Gasteiger partial charge in [0.2, 0.25) is 11.7 Å². The molecule has 3 aromatic rings. The Balaban J connectivity index is 1.42. The molecule has 1 fully saturated rings. The minimum absolute atomic E-state index is 0.610. The minimum Gasteiger partial charge on any atom is -0.351 e. The summed E-state index contributed by atoms with van der Waals surface area (Å²) in [5.74, 6) is 1.95. The molecule has 0 bridgehead atoms. The van der Waals surface area contributed by atoms with Crippen LogP contribution in [0.1, 0.15) is 42.1 Å². The summed E-state index contributed by atoms with van der Waals surface area (Å²) in [7, 11) is 0. The van der Waals surface area contributed by atoms with Crippen molar-refractivity contribution >= 4 is 5.82 Å². The van der Waals surface area contributed by atoms with Gasteiger partial charge < -0.3 is 9.42 Å². The maximum atomic E-state index is 9.76. The lowest BCUT2D eigenvalue weighted by atomic mass is 10.0. The molecule has 0 radical (unpaired) electrons. The molecule has 3 heterocycles. The number of nitriles is 1. The summed E-state index contributed by atoms with van der Waals surface area (Å²) in [6.07, 6.45) is 1.57. The number of benzene rings is 1. The third-order valence-electron chi connectivity index (χ3n) is 5.82. The number of hydrogen-bond donors (Lipinski definition) is 0. The third kappa shape index (κ3) is 4.28. The maximum absolute atomic E-state index is 9.76. The normalized spacial score (nSPS) is 14.6. The van der Waals surface area contributed by atoms with Crippen LogP contribution in [-0.4, -0.2) is 51.4 Å². The number of aryl methyl sites for hydroxylation is 2. The Labute approximate surface area is 182 Å². The van der Waals surface area contributed by atoms with E-state index in [0.717, 1.165) is 61.4 Å². The van der Waals surface area contributed by atoms with Crippen molar-refractivity contribution in [3.8, 4) is 17.5 Å². The predicted molar refractivity (Wildman–Crippen MR) is 117 cm³/mol. The van der Waals surface area contributed by atoms with Gasteiger partial charge in [0.25, 0.3) is 0 Å².